The van der Waals surface area contributed by atoms with Gasteiger partial charge in [-0.25, -0.2) is 0 Å². The number of fused-ring (bicyclic) bond motifs is 1. The van der Waals surface area contributed by atoms with Crippen molar-refractivity contribution in [3.63, 3.8) is 0 Å². The lowest BCUT2D eigenvalue weighted by Gasteiger charge is -2.20. The zero-order chi connectivity index (χ0) is 18.1. The van der Waals surface area contributed by atoms with Crippen molar-refractivity contribution in [2.45, 2.75) is 19.5 Å². The Labute approximate surface area is 156 Å². The highest BCUT2D eigenvalue weighted by Crippen LogP contribution is 2.29. The number of furan rings is 1. The van der Waals surface area contributed by atoms with Gasteiger partial charge in [-0.05, 0) is 38.2 Å². The van der Waals surface area contributed by atoms with Gasteiger partial charge < -0.3 is 8.83 Å². The van der Waals surface area contributed by atoms with Gasteiger partial charge >= 0.3 is 0 Å². The second-order valence-electron chi connectivity index (χ2n) is 6.26. The Morgan fingerprint density at radius 3 is 2.62 bits per heavy atom. The molecule has 1 unspecified atom stereocenters. The number of nitrogens with zero attached hydrogens (tertiary/aromatic N) is 3. The average Bonchev–Trinajstić information content (AvgIpc) is 3.28. The molecule has 0 aliphatic carbocycles. The number of benzene rings is 2. The van der Waals surface area contributed by atoms with E-state index >= 15 is 0 Å². The molecule has 0 radical (unpaired) electrons. The van der Waals surface area contributed by atoms with E-state index in [0.717, 1.165) is 22.3 Å². The van der Waals surface area contributed by atoms with E-state index in [9.17, 15) is 0 Å². The molecular weight excluding hydrogens is 350 g/mol. The van der Waals surface area contributed by atoms with Crippen LogP contribution in [0.2, 0.25) is 5.02 Å². The van der Waals surface area contributed by atoms with Crippen LogP contribution < -0.4 is 0 Å². The number of halogens is 1. The van der Waals surface area contributed by atoms with Gasteiger partial charge in [0.25, 0.3) is 0 Å². The normalized spacial score (nSPS) is 12.8. The Morgan fingerprint density at radius 2 is 1.81 bits per heavy atom. The van der Waals surface area contributed by atoms with Gasteiger partial charge in [0.15, 0.2) is 0 Å². The first-order valence-corrected chi connectivity index (χ1v) is 8.75. The topological polar surface area (TPSA) is 55.3 Å². The van der Waals surface area contributed by atoms with Gasteiger partial charge in [0.1, 0.15) is 11.3 Å². The van der Waals surface area contributed by atoms with E-state index in [1.165, 1.54) is 0 Å². The Bertz CT molecular complexity index is 1010. The average molecular weight is 368 g/mol. The molecule has 6 heteroatoms. The molecule has 0 aliphatic heterocycles. The van der Waals surface area contributed by atoms with E-state index in [4.69, 9.17) is 20.4 Å². The maximum atomic E-state index is 6.19. The maximum absolute atomic E-state index is 6.19. The van der Waals surface area contributed by atoms with Crippen molar-refractivity contribution < 1.29 is 8.83 Å². The molecule has 5 nitrogen and oxygen atoms in total. The molecule has 0 aliphatic rings. The van der Waals surface area contributed by atoms with Crippen LogP contribution in [0.1, 0.15) is 24.6 Å². The highest BCUT2D eigenvalue weighted by molar-refractivity contribution is 6.33. The summed E-state index contributed by atoms with van der Waals surface area (Å²) >= 11 is 6.19. The molecule has 0 amide bonds. The summed E-state index contributed by atoms with van der Waals surface area (Å²) in [4.78, 5) is 2.10. The van der Waals surface area contributed by atoms with Crippen molar-refractivity contribution in [2.24, 2.45) is 0 Å². The van der Waals surface area contributed by atoms with E-state index in [1.54, 1.807) is 6.07 Å². The van der Waals surface area contributed by atoms with Crippen molar-refractivity contribution >= 4 is 22.6 Å². The fourth-order valence-electron chi connectivity index (χ4n) is 2.84. The van der Waals surface area contributed by atoms with E-state index in [2.05, 4.69) is 28.1 Å². The van der Waals surface area contributed by atoms with Crippen LogP contribution in [0.3, 0.4) is 0 Å². The summed E-state index contributed by atoms with van der Waals surface area (Å²) in [7, 11) is 2.00. The summed E-state index contributed by atoms with van der Waals surface area (Å²) in [5, 5.41) is 9.95. The first-order valence-electron chi connectivity index (χ1n) is 8.38. The van der Waals surface area contributed by atoms with Crippen LogP contribution in [0.25, 0.3) is 22.4 Å². The third kappa shape index (κ3) is 3.23. The highest BCUT2D eigenvalue weighted by atomic mass is 35.5. The number of rotatable bonds is 5. The zero-order valence-electron chi connectivity index (χ0n) is 14.5. The molecule has 0 saturated heterocycles. The molecule has 0 saturated carbocycles. The highest BCUT2D eigenvalue weighted by Gasteiger charge is 2.19. The van der Waals surface area contributed by atoms with E-state index < -0.39 is 0 Å². The number of hydrogen-bond donors (Lipinski definition) is 0. The molecule has 26 heavy (non-hydrogen) atoms. The third-order valence-corrected chi connectivity index (χ3v) is 4.80. The summed E-state index contributed by atoms with van der Waals surface area (Å²) in [6.45, 7) is 2.60. The van der Waals surface area contributed by atoms with Crippen LogP contribution in [-0.2, 0) is 6.54 Å². The van der Waals surface area contributed by atoms with E-state index in [1.807, 2.05) is 49.5 Å². The van der Waals surface area contributed by atoms with Gasteiger partial charge in [0, 0.05) is 5.39 Å². The number of aromatic nitrogens is 2. The van der Waals surface area contributed by atoms with Crippen LogP contribution in [-0.4, -0.2) is 22.1 Å². The lowest BCUT2D eigenvalue weighted by atomic mass is 10.2. The molecule has 132 valence electrons. The van der Waals surface area contributed by atoms with Crippen molar-refractivity contribution in [3.8, 4) is 11.5 Å². The predicted molar refractivity (Wildman–Crippen MR) is 101 cm³/mol. The Balaban J connectivity index is 1.51. The predicted octanol–water partition coefficient (Wildman–Crippen LogP) is 5.33. The lowest BCUT2D eigenvalue weighted by molar-refractivity contribution is 0.207. The summed E-state index contributed by atoms with van der Waals surface area (Å²) in [6.07, 6.45) is 0. The smallest absolute Gasteiger partial charge is 0.249 e. The van der Waals surface area contributed by atoms with Gasteiger partial charge in [0.2, 0.25) is 11.8 Å². The third-order valence-electron chi connectivity index (χ3n) is 4.47. The molecule has 2 aromatic heterocycles. The summed E-state index contributed by atoms with van der Waals surface area (Å²) in [5.41, 5.74) is 1.63. The van der Waals surface area contributed by atoms with Crippen molar-refractivity contribution in [2.75, 3.05) is 7.05 Å². The second kappa shape index (κ2) is 6.94. The minimum atomic E-state index is 0.0677. The molecule has 4 aromatic rings. The van der Waals surface area contributed by atoms with Gasteiger partial charge in [-0.15, -0.1) is 10.2 Å². The number of hydrogen-bond acceptors (Lipinski definition) is 5. The molecular formula is C20H18ClN3O2. The fraction of sp³-hybridized carbons (Fsp3) is 0.200. The van der Waals surface area contributed by atoms with Crippen LogP contribution in [0.4, 0.5) is 0 Å². The molecule has 2 heterocycles. The first-order chi connectivity index (χ1) is 12.6. The summed E-state index contributed by atoms with van der Waals surface area (Å²) in [5.74, 6) is 1.86. The van der Waals surface area contributed by atoms with E-state index in [-0.39, 0.29) is 6.04 Å². The molecule has 0 spiro atoms. The second-order valence-corrected chi connectivity index (χ2v) is 6.67. The fourth-order valence-corrected chi connectivity index (χ4v) is 3.05. The molecule has 1 atom stereocenters. The molecule has 0 N–H and O–H groups in total. The Kier molecular flexibility index (Phi) is 4.49. The van der Waals surface area contributed by atoms with Gasteiger partial charge in [-0.1, -0.05) is 41.9 Å². The first kappa shape index (κ1) is 16.8. The van der Waals surface area contributed by atoms with Crippen LogP contribution >= 0.6 is 11.6 Å². The minimum absolute atomic E-state index is 0.0677. The standard InChI is InChI=1S/C20H18ClN3O2/c1-13(18-11-14-7-3-6-10-17(14)25-18)24(2)12-19-22-23-20(26-19)15-8-4-5-9-16(15)21/h3-11,13H,12H2,1-2H3. The monoisotopic (exact) mass is 367 g/mol. The molecule has 4 rings (SSSR count). The van der Waals surface area contributed by atoms with Crippen molar-refractivity contribution in [1.82, 2.24) is 15.1 Å². The number of para-hydroxylation sites is 1. The van der Waals surface area contributed by atoms with Gasteiger partial charge in [-0.2, -0.15) is 0 Å². The van der Waals surface area contributed by atoms with Crippen LogP contribution in [0.5, 0.6) is 0 Å². The minimum Gasteiger partial charge on any atom is -0.459 e. The SMILES string of the molecule is CC(c1cc2ccccc2o1)N(C)Cc1nnc(-c2ccccc2Cl)o1. The van der Waals surface area contributed by atoms with Crippen molar-refractivity contribution in [3.05, 3.63) is 71.3 Å². The lowest BCUT2D eigenvalue weighted by Crippen LogP contribution is -2.21. The summed E-state index contributed by atoms with van der Waals surface area (Å²) in [6, 6.07) is 17.5. The largest absolute Gasteiger partial charge is 0.459 e. The maximum Gasteiger partial charge on any atom is 0.249 e. The quantitative estimate of drug-likeness (QED) is 0.477. The Morgan fingerprint density at radius 1 is 1.04 bits per heavy atom. The van der Waals surface area contributed by atoms with Gasteiger partial charge in [0.05, 0.1) is 23.2 Å². The zero-order valence-corrected chi connectivity index (χ0v) is 15.3. The van der Waals surface area contributed by atoms with Crippen molar-refractivity contribution in [1.29, 1.82) is 0 Å². The molecule has 2 aromatic carbocycles. The summed E-state index contributed by atoms with van der Waals surface area (Å²) < 4.78 is 11.7. The molecule has 0 fully saturated rings. The van der Waals surface area contributed by atoms with Gasteiger partial charge in [-0.3, -0.25) is 4.90 Å². The molecule has 0 bridgehead atoms. The van der Waals surface area contributed by atoms with Crippen LogP contribution in [0, 0.1) is 0 Å². The van der Waals surface area contributed by atoms with E-state index in [0.29, 0.717) is 23.3 Å². The van der Waals surface area contributed by atoms with Crippen LogP contribution in [0.15, 0.2) is 63.4 Å². The Hall–Kier alpha value is -2.63.